The van der Waals surface area contributed by atoms with Crippen LogP contribution in [-0.4, -0.2) is 11.7 Å². The van der Waals surface area contributed by atoms with E-state index >= 15 is 0 Å². The Bertz CT molecular complexity index is 646. The van der Waals surface area contributed by atoms with Gasteiger partial charge in [0.05, 0.1) is 6.61 Å². The predicted molar refractivity (Wildman–Crippen MR) is 91.2 cm³/mol. The van der Waals surface area contributed by atoms with Crippen LogP contribution in [-0.2, 0) is 0 Å². The fourth-order valence-electron chi connectivity index (χ4n) is 1.97. The van der Waals surface area contributed by atoms with E-state index in [0.29, 0.717) is 12.4 Å². The van der Waals surface area contributed by atoms with Crippen molar-refractivity contribution in [2.75, 3.05) is 6.61 Å². The molecule has 0 radical (unpaired) electrons. The van der Waals surface area contributed by atoms with Gasteiger partial charge in [0.25, 0.3) is 0 Å². The average Bonchev–Trinajstić information content (AvgIpc) is 2.58. The van der Waals surface area contributed by atoms with E-state index < -0.39 is 0 Å². The highest BCUT2D eigenvalue weighted by Crippen LogP contribution is 2.21. The summed E-state index contributed by atoms with van der Waals surface area (Å²) in [6, 6.07) is 27.2. The monoisotopic (exact) mass is 292 g/mol. The molecule has 0 aromatic heterocycles. The summed E-state index contributed by atoms with van der Waals surface area (Å²) in [5, 5.41) is 8.63. The summed E-state index contributed by atoms with van der Waals surface area (Å²) in [5.41, 5.74) is 2.46. The van der Waals surface area contributed by atoms with Crippen LogP contribution >= 0.6 is 0 Å². The first kappa shape index (κ1) is 15.6. The number of benzene rings is 3. The Kier molecular flexibility index (Phi) is 6.06. The van der Waals surface area contributed by atoms with Crippen molar-refractivity contribution in [2.24, 2.45) is 0 Å². The SMILES string of the molecule is CCOc1ccc(-c2ccccc2)cc1.Oc1ccccc1. The molecule has 1 N–H and O–H groups in total. The first-order chi connectivity index (χ1) is 10.8. The summed E-state index contributed by atoms with van der Waals surface area (Å²) in [6.45, 7) is 2.70. The zero-order valence-electron chi connectivity index (χ0n) is 12.6. The lowest BCUT2D eigenvalue weighted by molar-refractivity contribution is 0.340. The molecular weight excluding hydrogens is 272 g/mol. The van der Waals surface area contributed by atoms with Crippen LogP contribution in [0.5, 0.6) is 11.5 Å². The number of phenols is 1. The maximum atomic E-state index is 8.63. The molecular formula is C20H20O2. The lowest BCUT2D eigenvalue weighted by Crippen LogP contribution is -1.90. The number of aromatic hydroxyl groups is 1. The molecule has 3 aromatic carbocycles. The highest BCUT2D eigenvalue weighted by molar-refractivity contribution is 5.63. The standard InChI is InChI=1S/C14H14O.C6H6O/c1-2-15-14-10-8-13(9-11-14)12-6-4-3-5-7-12;7-6-4-2-1-3-5-6/h3-11H,2H2,1H3;1-5,7H. The second-order valence-corrected chi connectivity index (χ2v) is 4.66. The van der Waals surface area contributed by atoms with Gasteiger partial charge in [0.15, 0.2) is 0 Å². The van der Waals surface area contributed by atoms with Crippen molar-refractivity contribution in [2.45, 2.75) is 6.92 Å². The third-order valence-electron chi connectivity index (χ3n) is 3.03. The summed E-state index contributed by atoms with van der Waals surface area (Å²) in [6.07, 6.45) is 0. The molecule has 0 fully saturated rings. The third-order valence-corrected chi connectivity index (χ3v) is 3.03. The first-order valence-electron chi connectivity index (χ1n) is 7.32. The second-order valence-electron chi connectivity index (χ2n) is 4.66. The van der Waals surface area contributed by atoms with E-state index in [9.17, 15) is 0 Å². The van der Waals surface area contributed by atoms with E-state index in [1.165, 1.54) is 11.1 Å². The van der Waals surface area contributed by atoms with Crippen LogP contribution in [0, 0.1) is 0 Å². The minimum absolute atomic E-state index is 0.322. The molecule has 0 spiro atoms. The van der Waals surface area contributed by atoms with Gasteiger partial charge >= 0.3 is 0 Å². The number of rotatable bonds is 3. The maximum Gasteiger partial charge on any atom is 0.119 e. The topological polar surface area (TPSA) is 29.5 Å². The van der Waals surface area contributed by atoms with Crippen molar-refractivity contribution in [1.82, 2.24) is 0 Å². The molecule has 0 heterocycles. The third kappa shape index (κ3) is 4.98. The fraction of sp³-hybridized carbons (Fsp3) is 0.100. The molecule has 0 saturated heterocycles. The van der Waals surface area contributed by atoms with Crippen molar-refractivity contribution in [3.8, 4) is 22.6 Å². The summed E-state index contributed by atoms with van der Waals surface area (Å²) < 4.78 is 5.40. The van der Waals surface area contributed by atoms with Crippen molar-refractivity contribution < 1.29 is 9.84 Å². The zero-order valence-corrected chi connectivity index (χ0v) is 12.6. The molecule has 0 atom stereocenters. The molecule has 0 amide bonds. The van der Waals surface area contributed by atoms with Crippen LogP contribution in [0.2, 0.25) is 0 Å². The van der Waals surface area contributed by atoms with Crippen molar-refractivity contribution >= 4 is 0 Å². The number of hydrogen-bond donors (Lipinski definition) is 1. The Morgan fingerprint density at radius 1 is 0.682 bits per heavy atom. The van der Waals surface area contributed by atoms with Gasteiger partial charge in [-0.1, -0.05) is 60.7 Å². The van der Waals surface area contributed by atoms with Gasteiger partial charge < -0.3 is 9.84 Å². The Morgan fingerprint density at radius 2 is 1.18 bits per heavy atom. The highest BCUT2D eigenvalue weighted by atomic mass is 16.5. The molecule has 2 nitrogen and oxygen atoms in total. The van der Waals surface area contributed by atoms with Crippen LogP contribution in [0.4, 0.5) is 0 Å². The van der Waals surface area contributed by atoms with Crippen molar-refractivity contribution in [3.63, 3.8) is 0 Å². The van der Waals surface area contributed by atoms with Gasteiger partial charge in [-0.3, -0.25) is 0 Å². The van der Waals surface area contributed by atoms with Gasteiger partial charge in [-0.15, -0.1) is 0 Å². The second kappa shape index (κ2) is 8.53. The van der Waals surface area contributed by atoms with E-state index in [1.54, 1.807) is 24.3 Å². The quantitative estimate of drug-likeness (QED) is 0.724. The lowest BCUT2D eigenvalue weighted by Gasteiger charge is -2.04. The predicted octanol–water partition coefficient (Wildman–Crippen LogP) is 5.14. The molecule has 112 valence electrons. The molecule has 2 heteroatoms. The normalized spacial score (nSPS) is 9.50. The molecule has 0 aliphatic heterocycles. The van der Waals surface area contributed by atoms with Gasteiger partial charge in [-0.25, -0.2) is 0 Å². The highest BCUT2D eigenvalue weighted by Gasteiger charge is 1.96. The van der Waals surface area contributed by atoms with E-state index in [0.717, 1.165) is 5.75 Å². The number of para-hydroxylation sites is 1. The Hall–Kier alpha value is -2.74. The van der Waals surface area contributed by atoms with Crippen molar-refractivity contribution in [3.05, 3.63) is 84.9 Å². The Labute approximate surface area is 131 Å². The minimum Gasteiger partial charge on any atom is -0.508 e. The fourth-order valence-corrected chi connectivity index (χ4v) is 1.97. The van der Waals surface area contributed by atoms with Crippen LogP contribution in [0.25, 0.3) is 11.1 Å². The number of hydrogen-bond acceptors (Lipinski definition) is 2. The van der Waals surface area contributed by atoms with Crippen LogP contribution in [0.1, 0.15) is 6.92 Å². The molecule has 0 bridgehead atoms. The lowest BCUT2D eigenvalue weighted by atomic mass is 10.1. The summed E-state index contributed by atoms with van der Waals surface area (Å²) in [5.74, 6) is 1.25. The molecule has 0 aliphatic rings. The largest absolute Gasteiger partial charge is 0.508 e. The van der Waals surface area contributed by atoms with Gasteiger partial charge in [0.1, 0.15) is 11.5 Å². The minimum atomic E-state index is 0.322. The molecule has 22 heavy (non-hydrogen) atoms. The van der Waals surface area contributed by atoms with Crippen LogP contribution in [0.3, 0.4) is 0 Å². The number of ether oxygens (including phenoxy) is 1. The Balaban J connectivity index is 0.000000211. The van der Waals surface area contributed by atoms with E-state index in [1.807, 2.05) is 43.3 Å². The zero-order chi connectivity index (χ0) is 15.6. The maximum absolute atomic E-state index is 8.63. The van der Waals surface area contributed by atoms with Crippen LogP contribution in [0.15, 0.2) is 84.9 Å². The van der Waals surface area contributed by atoms with E-state index in [-0.39, 0.29) is 0 Å². The summed E-state index contributed by atoms with van der Waals surface area (Å²) in [7, 11) is 0. The molecule has 3 aromatic rings. The first-order valence-corrected chi connectivity index (χ1v) is 7.32. The van der Waals surface area contributed by atoms with Crippen molar-refractivity contribution in [1.29, 1.82) is 0 Å². The summed E-state index contributed by atoms with van der Waals surface area (Å²) >= 11 is 0. The molecule has 0 unspecified atom stereocenters. The number of phenolic OH excluding ortho intramolecular Hbond substituents is 1. The van der Waals surface area contributed by atoms with Crippen LogP contribution < -0.4 is 4.74 Å². The van der Waals surface area contributed by atoms with Gasteiger partial charge in [0.2, 0.25) is 0 Å². The summed E-state index contributed by atoms with van der Waals surface area (Å²) in [4.78, 5) is 0. The average molecular weight is 292 g/mol. The molecule has 0 saturated carbocycles. The molecule has 3 rings (SSSR count). The van der Waals surface area contributed by atoms with Gasteiger partial charge in [-0.2, -0.15) is 0 Å². The smallest absolute Gasteiger partial charge is 0.119 e. The van der Waals surface area contributed by atoms with E-state index in [2.05, 4.69) is 24.3 Å². The van der Waals surface area contributed by atoms with E-state index in [4.69, 9.17) is 9.84 Å². The van der Waals surface area contributed by atoms with Gasteiger partial charge in [0, 0.05) is 0 Å². The molecule has 0 aliphatic carbocycles. The van der Waals surface area contributed by atoms with Gasteiger partial charge in [-0.05, 0) is 42.3 Å². The Morgan fingerprint density at radius 3 is 1.64 bits per heavy atom.